The van der Waals surface area contributed by atoms with Crippen LogP contribution >= 0.6 is 0 Å². The molecule has 1 N–H and O–H groups in total. The molecule has 2 unspecified atom stereocenters. The Morgan fingerprint density at radius 3 is 2.62 bits per heavy atom. The Morgan fingerprint density at radius 1 is 1.38 bits per heavy atom. The van der Waals surface area contributed by atoms with Gasteiger partial charge in [0.1, 0.15) is 0 Å². The second-order valence-electron chi connectivity index (χ2n) is 6.50. The van der Waals surface area contributed by atoms with Gasteiger partial charge in [-0.1, -0.05) is 41.0 Å². The van der Waals surface area contributed by atoms with Gasteiger partial charge in [-0.05, 0) is 30.8 Å². The minimum absolute atomic E-state index is 0.373. The number of rotatable bonds is 3. The van der Waals surface area contributed by atoms with E-state index in [-0.39, 0.29) is 0 Å². The standard InChI is InChI=1S/C14H30N2/c1-6-12(2)10-16-9-7-8-15-13(11-16)14(3,4)5/h12-13,15H,6-11H2,1-5H3. The Bertz CT molecular complexity index is 195. The highest BCUT2D eigenvalue weighted by atomic mass is 15.2. The van der Waals surface area contributed by atoms with Crippen molar-refractivity contribution in [2.45, 2.75) is 53.5 Å². The molecule has 0 saturated carbocycles. The van der Waals surface area contributed by atoms with Gasteiger partial charge in [-0.15, -0.1) is 0 Å². The van der Waals surface area contributed by atoms with E-state index in [1.807, 2.05) is 0 Å². The number of hydrogen-bond acceptors (Lipinski definition) is 2. The van der Waals surface area contributed by atoms with E-state index in [0.29, 0.717) is 11.5 Å². The average molecular weight is 226 g/mol. The average Bonchev–Trinajstić information content (AvgIpc) is 2.42. The van der Waals surface area contributed by atoms with Crippen molar-refractivity contribution in [1.82, 2.24) is 10.2 Å². The summed E-state index contributed by atoms with van der Waals surface area (Å²) in [6.45, 7) is 16.6. The van der Waals surface area contributed by atoms with E-state index in [2.05, 4.69) is 44.8 Å². The lowest BCUT2D eigenvalue weighted by Crippen LogP contribution is -2.46. The van der Waals surface area contributed by atoms with Crippen molar-refractivity contribution in [3.05, 3.63) is 0 Å². The molecule has 0 aromatic carbocycles. The van der Waals surface area contributed by atoms with E-state index in [9.17, 15) is 0 Å². The van der Waals surface area contributed by atoms with Crippen LogP contribution in [0.3, 0.4) is 0 Å². The molecule has 1 aliphatic heterocycles. The predicted molar refractivity (Wildman–Crippen MR) is 71.8 cm³/mol. The quantitative estimate of drug-likeness (QED) is 0.796. The maximum atomic E-state index is 3.70. The lowest BCUT2D eigenvalue weighted by molar-refractivity contribution is 0.180. The van der Waals surface area contributed by atoms with Gasteiger partial charge in [-0.3, -0.25) is 0 Å². The molecule has 96 valence electrons. The van der Waals surface area contributed by atoms with Crippen molar-refractivity contribution >= 4 is 0 Å². The largest absolute Gasteiger partial charge is 0.312 e. The molecule has 16 heavy (non-hydrogen) atoms. The van der Waals surface area contributed by atoms with E-state index < -0.39 is 0 Å². The molecule has 0 bridgehead atoms. The number of hydrogen-bond donors (Lipinski definition) is 1. The molecular weight excluding hydrogens is 196 g/mol. The van der Waals surface area contributed by atoms with Gasteiger partial charge in [-0.25, -0.2) is 0 Å². The summed E-state index contributed by atoms with van der Waals surface area (Å²) in [7, 11) is 0. The fourth-order valence-electron chi connectivity index (χ4n) is 2.31. The van der Waals surface area contributed by atoms with Crippen LogP contribution in [0, 0.1) is 11.3 Å². The van der Waals surface area contributed by atoms with E-state index in [1.54, 1.807) is 0 Å². The summed E-state index contributed by atoms with van der Waals surface area (Å²) in [6, 6.07) is 0.638. The summed E-state index contributed by atoms with van der Waals surface area (Å²) in [5.74, 6) is 0.832. The third-order valence-corrected chi connectivity index (χ3v) is 3.79. The molecule has 0 spiro atoms. The van der Waals surface area contributed by atoms with Gasteiger partial charge < -0.3 is 10.2 Å². The first kappa shape index (κ1) is 14.0. The maximum absolute atomic E-state index is 3.70. The summed E-state index contributed by atoms with van der Waals surface area (Å²) in [5, 5.41) is 3.70. The molecule has 2 nitrogen and oxygen atoms in total. The Kier molecular flexibility index (Phi) is 5.26. The van der Waals surface area contributed by atoms with Crippen LogP contribution in [0.1, 0.15) is 47.5 Å². The van der Waals surface area contributed by atoms with Crippen LogP contribution in [-0.4, -0.2) is 37.1 Å². The van der Waals surface area contributed by atoms with Crippen molar-refractivity contribution in [1.29, 1.82) is 0 Å². The molecule has 1 saturated heterocycles. The highest BCUT2D eigenvalue weighted by Gasteiger charge is 2.28. The van der Waals surface area contributed by atoms with Gasteiger partial charge in [0.2, 0.25) is 0 Å². The zero-order valence-electron chi connectivity index (χ0n) is 11.8. The monoisotopic (exact) mass is 226 g/mol. The molecular formula is C14H30N2. The van der Waals surface area contributed by atoms with Crippen LogP contribution in [-0.2, 0) is 0 Å². The first-order valence-electron chi connectivity index (χ1n) is 6.89. The van der Waals surface area contributed by atoms with E-state index in [4.69, 9.17) is 0 Å². The van der Waals surface area contributed by atoms with Crippen molar-refractivity contribution in [2.75, 3.05) is 26.2 Å². The molecule has 2 heteroatoms. The molecule has 0 amide bonds. The van der Waals surface area contributed by atoms with Crippen LogP contribution in [0.5, 0.6) is 0 Å². The summed E-state index contributed by atoms with van der Waals surface area (Å²) in [5.41, 5.74) is 0.373. The first-order chi connectivity index (χ1) is 7.43. The Morgan fingerprint density at radius 2 is 2.06 bits per heavy atom. The van der Waals surface area contributed by atoms with Crippen LogP contribution in [0.2, 0.25) is 0 Å². The van der Waals surface area contributed by atoms with Crippen LogP contribution in [0.25, 0.3) is 0 Å². The Hall–Kier alpha value is -0.0800. The molecule has 0 aliphatic carbocycles. The second kappa shape index (κ2) is 6.02. The van der Waals surface area contributed by atoms with Crippen molar-refractivity contribution in [2.24, 2.45) is 11.3 Å². The number of nitrogens with one attached hydrogen (secondary N) is 1. The molecule has 1 heterocycles. The van der Waals surface area contributed by atoms with Crippen LogP contribution in [0.4, 0.5) is 0 Å². The fourth-order valence-corrected chi connectivity index (χ4v) is 2.31. The highest BCUT2D eigenvalue weighted by molar-refractivity contribution is 4.86. The molecule has 2 atom stereocenters. The van der Waals surface area contributed by atoms with Gasteiger partial charge in [0.05, 0.1) is 0 Å². The molecule has 0 aromatic heterocycles. The molecule has 1 rings (SSSR count). The van der Waals surface area contributed by atoms with Gasteiger partial charge in [0, 0.05) is 19.1 Å². The van der Waals surface area contributed by atoms with E-state index in [0.717, 1.165) is 5.92 Å². The molecule has 0 radical (unpaired) electrons. The summed E-state index contributed by atoms with van der Waals surface area (Å²) < 4.78 is 0. The van der Waals surface area contributed by atoms with Crippen LogP contribution in [0.15, 0.2) is 0 Å². The third-order valence-electron chi connectivity index (χ3n) is 3.79. The fraction of sp³-hybridized carbons (Fsp3) is 1.00. The molecule has 0 aromatic rings. The smallest absolute Gasteiger partial charge is 0.0243 e. The van der Waals surface area contributed by atoms with Crippen molar-refractivity contribution in [3.8, 4) is 0 Å². The lowest BCUT2D eigenvalue weighted by atomic mass is 9.86. The van der Waals surface area contributed by atoms with Crippen molar-refractivity contribution < 1.29 is 0 Å². The Balaban J connectivity index is 2.52. The minimum Gasteiger partial charge on any atom is -0.312 e. The van der Waals surface area contributed by atoms with Crippen molar-refractivity contribution in [3.63, 3.8) is 0 Å². The summed E-state index contributed by atoms with van der Waals surface area (Å²) in [4.78, 5) is 2.66. The molecule has 1 aliphatic rings. The maximum Gasteiger partial charge on any atom is 0.0243 e. The zero-order valence-corrected chi connectivity index (χ0v) is 11.8. The van der Waals surface area contributed by atoms with Crippen LogP contribution < -0.4 is 5.32 Å². The predicted octanol–water partition coefficient (Wildman–Crippen LogP) is 2.74. The molecule has 1 fully saturated rings. The lowest BCUT2D eigenvalue weighted by Gasteiger charge is -2.34. The minimum atomic E-state index is 0.373. The summed E-state index contributed by atoms with van der Waals surface area (Å²) in [6.07, 6.45) is 2.59. The normalized spacial score (nSPS) is 26.4. The highest BCUT2D eigenvalue weighted by Crippen LogP contribution is 2.22. The summed E-state index contributed by atoms with van der Waals surface area (Å²) >= 11 is 0. The Labute approximate surface area is 102 Å². The van der Waals surface area contributed by atoms with E-state index >= 15 is 0 Å². The SMILES string of the molecule is CCC(C)CN1CCCNC(C(C)(C)C)C1. The number of nitrogens with zero attached hydrogens (tertiary/aromatic N) is 1. The zero-order chi connectivity index (χ0) is 12.2. The third kappa shape index (κ3) is 4.42. The van der Waals surface area contributed by atoms with Gasteiger partial charge in [-0.2, -0.15) is 0 Å². The first-order valence-corrected chi connectivity index (χ1v) is 6.89. The van der Waals surface area contributed by atoms with E-state index in [1.165, 1.54) is 39.0 Å². The van der Waals surface area contributed by atoms with Gasteiger partial charge >= 0.3 is 0 Å². The van der Waals surface area contributed by atoms with Gasteiger partial charge in [0.15, 0.2) is 0 Å². The topological polar surface area (TPSA) is 15.3 Å². The van der Waals surface area contributed by atoms with Gasteiger partial charge in [0.25, 0.3) is 0 Å². The second-order valence-corrected chi connectivity index (χ2v) is 6.50.